The highest BCUT2D eigenvalue weighted by atomic mass is 19.1. The lowest BCUT2D eigenvalue weighted by Crippen LogP contribution is -2.30. The molecule has 1 aromatic carbocycles. The number of nitrogens with zero attached hydrogens (tertiary/aromatic N) is 3. The molecular formula is C21H28FN3O. The number of hydrogen-bond acceptors (Lipinski definition) is 2. The Hall–Kier alpha value is -2.17. The molecule has 1 saturated heterocycles. The fourth-order valence-corrected chi connectivity index (χ4v) is 3.80. The van der Waals surface area contributed by atoms with Crippen LogP contribution in [0, 0.1) is 25.6 Å². The highest BCUT2D eigenvalue weighted by Gasteiger charge is 2.28. The van der Waals surface area contributed by atoms with Gasteiger partial charge < -0.3 is 4.90 Å². The zero-order valence-corrected chi connectivity index (χ0v) is 16.1. The summed E-state index contributed by atoms with van der Waals surface area (Å²) in [5.74, 6) is 0.665. The molecule has 4 nitrogen and oxygen atoms in total. The van der Waals surface area contributed by atoms with Crippen molar-refractivity contribution < 1.29 is 9.18 Å². The minimum absolute atomic E-state index is 0.138. The molecule has 0 bridgehead atoms. The third-order valence-corrected chi connectivity index (χ3v) is 5.26. The van der Waals surface area contributed by atoms with Crippen molar-refractivity contribution >= 4 is 5.91 Å². The van der Waals surface area contributed by atoms with Crippen LogP contribution in [0.1, 0.15) is 48.7 Å². The summed E-state index contributed by atoms with van der Waals surface area (Å²) in [7, 11) is 0. The predicted molar refractivity (Wildman–Crippen MR) is 101 cm³/mol. The zero-order valence-electron chi connectivity index (χ0n) is 16.1. The van der Waals surface area contributed by atoms with Crippen molar-refractivity contribution in [3.63, 3.8) is 0 Å². The molecule has 140 valence electrons. The summed E-state index contributed by atoms with van der Waals surface area (Å²) < 4.78 is 15.5. The highest BCUT2D eigenvalue weighted by molar-refractivity contribution is 5.79. The van der Waals surface area contributed by atoms with Gasteiger partial charge in [-0.05, 0) is 43.9 Å². The van der Waals surface area contributed by atoms with E-state index in [0.717, 1.165) is 42.0 Å². The van der Waals surface area contributed by atoms with Crippen LogP contribution in [0.15, 0.2) is 24.3 Å². The second-order valence-electron chi connectivity index (χ2n) is 7.78. The molecule has 1 atom stereocenters. The second kappa shape index (κ2) is 7.60. The minimum atomic E-state index is -0.212. The fraction of sp³-hybridized carbons (Fsp3) is 0.524. The Morgan fingerprint density at radius 1 is 1.35 bits per heavy atom. The van der Waals surface area contributed by atoms with Crippen LogP contribution in [0.5, 0.6) is 0 Å². The lowest BCUT2D eigenvalue weighted by Gasteiger charge is -2.17. The Morgan fingerprint density at radius 2 is 2.12 bits per heavy atom. The number of aryl methyl sites for hydroxylation is 1. The molecule has 2 heterocycles. The fourth-order valence-electron chi connectivity index (χ4n) is 3.80. The molecule has 1 aliphatic heterocycles. The van der Waals surface area contributed by atoms with Crippen molar-refractivity contribution in [1.82, 2.24) is 14.7 Å². The Balaban J connectivity index is 1.67. The quantitative estimate of drug-likeness (QED) is 0.815. The van der Waals surface area contributed by atoms with Crippen LogP contribution in [0.25, 0.3) is 0 Å². The van der Waals surface area contributed by atoms with Gasteiger partial charge in [0, 0.05) is 36.8 Å². The molecule has 2 aromatic rings. The standard InChI is InChI=1S/C21H28FN3O/c1-14(2)12-25-16(4)20(15(3)23-25)11-21(26)24-9-8-18(13-24)17-6-5-7-19(22)10-17/h5-7,10,14,18H,8-9,11-13H2,1-4H3. The summed E-state index contributed by atoms with van der Waals surface area (Å²) in [5.41, 5.74) is 4.06. The Labute approximate surface area is 155 Å². The van der Waals surface area contributed by atoms with Crippen molar-refractivity contribution in [2.75, 3.05) is 13.1 Å². The van der Waals surface area contributed by atoms with Crippen molar-refractivity contribution in [2.45, 2.75) is 53.0 Å². The largest absolute Gasteiger partial charge is 0.342 e. The summed E-state index contributed by atoms with van der Waals surface area (Å²) in [5, 5.41) is 4.61. The molecule has 5 heteroatoms. The number of rotatable bonds is 5. The number of halogens is 1. The van der Waals surface area contributed by atoms with Crippen LogP contribution in [-0.4, -0.2) is 33.7 Å². The monoisotopic (exact) mass is 357 g/mol. The van der Waals surface area contributed by atoms with E-state index in [2.05, 4.69) is 18.9 Å². The third kappa shape index (κ3) is 3.97. The van der Waals surface area contributed by atoms with Crippen molar-refractivity contribution in [3.8, 4) is 0 Å². The van der Waals surface area contributed by atoms with E-state index in [-0.39, 0.29) is 17.6 Å². The van der Waals surface area contributed by atoms with E-state index in [1.54, 1.807) is 12.1 Å². The molecule has 0 saturated carbocycles. The summed E-state index contributed by atoms with van der Waals surface area (Å²) in [6.07, 6.45) is 1.28. The van der Waals surface area contributed by atoms with Gasteiger partial charge in [0.2, 0.25) is 5.91 Å². The molecule has 1 aromatic heterocycles. The van der Waals surface area contributed by atoms with Crippen molar-refractivity contribution in [2.24, 2.45) is 5.92 Å². The lowest BCUT2D eigenvalue weighted by molar-refractivity contribution is -0.129. The Kier molecular flexibility index (Phi) is 5.44. The highest BCUT2D eigenvalue weighted by Crippen LogP contribution is 2.28. The molecule has 0 aliphatic carbocycles. The van der Waals surface area contributed by atoms with Gasteiger partial charge in [-0.3, -0.25) is 9.48 Å². The van der Waals surface area contributed by atoms with Gasteiger partial charge in [0.05, 0.1) is 12.1 Å². The summed E-state index contributed by atoms with van der Waals surface area (Å²) >= 11 is 0. The zero-order chi connectivity index (χ0) is 18.8. The number of aromatic nitrogens is 2. The molecule has 0 N–H and O–H groups in total. The smallest absolute Gasteiger partial charge is 0.227 e. The molecule has 3 rings (SSSR count). The maximum absolute atomic E-state index is 13.5. The van der Waals surface area contributed by atoms with Gasteiger partial charge in [-0.2, -0.15) is 5.10 Å². The van der Waals surface area contributed by atoms with E-state index in [0.29, 0.717) is 18.9 Å². The predicted octanol–water partition coefficient (Wildman–Crippen LogP) is 3.85. The normalized spacial score (nSPS) is 17.3. The van der Waals surface area contributed by atoms with Gasteiger partial charge in [-0.25, -0.2) is 4.39 Å². The molecule has 1 amide bonds. The Morgan fingerprint density at radius 3 is 2.81 bits per heavy atom. The molecular weight excluding hydrogens is 329 g/mol. The van der Waals surface area contributed by atoms with E-state index in [1.807, 2.05) is 29.5 Å². The first-order chi connectivity index (χ1) is 12.3. The van der Waals surface area contributed by atoms with Gasteiger partial charge in [0.1, 0.15) is 5.82 Å². The van der Waals surface area contributed by atoms with Gasteiger partial charge in [0.25, 0.3) is 0 Å². The number of hydrogen-bond donors (Lipinski definition) is 0. The van der Waals surface area contributed by atoms with Gasteiger partial charge in [-0.15, -0.1) is 0 Å². The topological polar surface area (TPSA) is 38.1 Å². The maximum Gasteiger partial charge on any atom is 0.227 e. The molecule has 1 aliphatic rings. The summed E-state index contributed by atoms with van der Waals surface area (Å²) in [6, 6.07) is 6.74. The summed E-state index contributed by atoms with van der Waals surface area (Å²) in [4.78, 5) is 14.7. The van der Waals surface area contributed by atoms with E-state index in [1.165, 1.54) is 6.07 Å². The lowest BCUT2D eigenvalue weighted by atomic mass is 9.98. The SMILES string of the molecule is Cc1nn(CC(C)C)c(C)c1CC(=O)N1CCC(c2cccc(F)c2)C1. The average Bonchev–Trinajstić information content (AvgIpc) is 3.16. The maximum atomic E-state index is 13.5. The van der Waals surface area contributed by atoms with Crippen LogP contribution in [-0.2, 0) is 17.8 Å². The first kappa shape index (κ1) is 18.6. The van der Waals surface area contributed by atoms with Crippen molar-refractivity contribution in [3.05, 3.63) is 52.6 Å². The van der Waals surface area contributed by atoms with E-state index in [9.17, 15) is 9.18 Å². The van der Waals surface area contributed by atoms with Gasteiger partial charge in [0.15, 0.2) is 0 Å². The van der Waals surface area contributed by atoms with Crippen LogP contribution in [0.3, 0.4) is 0 Å². The number of carbonyl (C=O) groups is 1. The van der Waals surface area contributed by atoms with Crippen LogP contribution < -0.4 is 0 Å². The minimum Gasteiger partial charge on any atom is -0.342 e. The molecule has 0 spiro atoms. The third-order valence-electron chi connectivity index (χ3n) is 5.26. The number of benzene rings is 1. The second-order valence-corrected chi connectivity index (χ2v) is 7.78. The number of likely N-dealkylation sites (tertiary alicyclic amines) is 1. The first-order valence-electron chi connectivity index (χ1n) is 9.41. The average molecular weight is 357 g/mol. The molecule has 1 fully saturated rings. The summed E-state index contributed by atoms with van der Waals surface area (Å²) in [6.45, 7) is 10.6. The van der Waals surface area contributed by atoms with E-state index in [4.69, 9.17) is 0 Å². The van der Waals surface area contributed by atoms with Crippen LogP contribution in [0.2, 0.25) is 0 Å². The van der Waals surface area contributed by atoms with Crippen molar-refractivity contribution in [1.29, 1.82) is 0 Å². The molecule has 0 radical (unpaired) electrons. The number of amides is 1. The molecule has 1 unspecified atom stereocenters. The van der Waals surface area contributed by atoms with E-state index < -0.39 is 0 Å². The van der Waals surface area contributed by atoms with Crippen LogP contribution in [0.4, 0.5) is 4.39 Å². The van der Waals surface area contributed by atoms with Crippen LogP contribution >= 0.6 is 0 Å². The van der Waals surface area contributed by atoms with Gasteiger partial charge >= 0.3 is 0 Å². The number of carbonyl (C=O) groups excluding carboxylic acids is 1. The Bertz CT molecular complexity index is 797. The van der Waals surface area contributed by atoms with E-state index >= 15 is 0 Å². The first-order valence-corrected chi connectivity index (χ1v) is 9.41. The molecule has 26 heavy (non-hydrogen) atoms. The van der Waals surface area contributed by atoms with Gasteiger partial charge in [-0.1, -0.05) is 26.0 Å².